The number of hydrogen-bond acceptors (Lipinski definition) is 4. The van der Waals surface area contributed by atoms with Gasteiger partial charge in [-0.05, 0) is 29.2 Å². The smallest absolute Gasteiger partial charge is 0.276 e. The maximum Gasteiger partial charge on any atom is 0.276 e. The lowest BCUT2D eigenvalue weighted by Gasteiger charge is -2.08. The highest BCUT2D eigenvalue weighted by Crippen LogP contribution is 2.31. The number of thioether (sulfide) groups is 1. The van der Waals surface area contributed by atoms with Gasteiger partial charge >= 0.3 is 0 Å². The highest BCUT2D eigenvalue weighted by atomic mass is 35.5. The molecular weight excluding hydrogens is 363 g/mol. The van der Waals surface area contributed by atoms with E-state index in [1.54, 1.807) is 0 Å². The number of hydrogen-bond donors (Lipinski definition) is 0. The molecule has 3 nitrogen and oxygen atoms in total. The van der Waals surface area contributed by atoms with Crippen molar-refractivity contribution < 1.29 is 4.42 Å². The third kappa shape index (κ3) is 4.32. The Hall–Kier alpha value is -1.49. The molecule has 0 amide bonds. The minimum absolute atomic E-state index is 0.322. The van der Waals surface area contributed by atoms with Crippen molar-refractivity contribution in [3.8, 4) is 0 Å². The van der Waals surface area contributed by atoms with Crippen LogP contribution in [0.15, 0.2) is 58.2 Å². The Labute approximate surface area is 155 Å². The molecule has 0 saturated carbocycles. The standard InChI is InChI=1S/C18H16Cl2N2OS/c1-12(13-6-3-2-4-7-13)10-17-21-22-18(23-17)24-11-14-15(19)8-5-9-16(14)20/h2-9,12H,10-11H2,1H3. The van der Waals surface area contributed by atoms with Crippen LogP contribution in [0.4, 0.5) is 0 Å². The largest absolute Gasteiger partial charge is 0.416 e. The minimum atomic E-state index is 0.322. The van der Waals surface area contributed by atoms with Gasteiger partial charge in [0.25, 0.3) is 5.22 Å². The molecule has 3 aromatic rings. The summed E-state index contributed by atoms with van der Waals surface area (Å²) in [6.07, 6.45) is 0.713. The Kier molecular flexibility index (Phi) is 5.82. The molecule has 0 fully saturated rings. The summed E-state index contributed by atoms with van der Waals surface area (Å²) >= 11 is 13.8. The molecule has 1 unspecified atom stereocenters. The Bertz CT molecular complexity index is 788. The van der Waals surface area contributed by atoms with Crippen molar-refractivity contribution in [3.63, 3.8) is 0 Å². The Morgan fingerprint density at radius 2 is 1.71 bits per heavy atom. The first-order valence-electron chi connectivity index (χ1n) is 7.56. The summed E-state index contributed by atoms with van der Waals surface area (Å²) in [5.74, 6) is 1.55. The highest BCUT2D eigenvalue weighted by Gasteiger charge is 2.14. The van der Waals surface area contributed by atoms with E-state index in [0.29, 0.717) is 39.3 Å². The lowest BCUT2D eigenvalue weighted by Crippen LogP contribution is -1.98. The van der Waals surface area contributed by atoms with Gasteiger partial charge in [0, 0.05) is 22.2 Å². The summed E-state index contributed by atoms with van der Waals surface area (Å²) in [7, 11) is 0. The molecule has 24 heavy (non-hydrogen) atoms. The van der Waals surface area contributed by atoms with E-state index < -0.39 is 0 Å². The third-order valence-electron chi connectivity index (χ3n) is 3.70. The average molecular weight is 379 g/mol. The van der Waals surface area contributed by atoms with Gasteiger partial charge in [0.1, 0.15) is 0 Å². The van der Waals surface area contributed by atoms with E-state index in [2.05, 4.69) is 29.3 Å². The van der Waals surface area contributed by atoms with Gasteiger partial charge in [0.2, 0.25) is 5.89 Å². The SMILES string of the molecule is CC(Cc1nnc(SCc2c(Cl)cccc2Cl)o1)c1ccccc1. The predicted octanol–water partition coefficient (Wildman–Crippen LogP) is 6.01. The monoisotopic (exact) mass is 378 g/mol. The molecule has 0 saturated heterocycles. The number of benzene rings is 2. The van der Waals surface area contributed by atoms with Crippen molar-refractivity contribution in [3.05, 3.63) is 75.6 Å². The van der Waals surface area contributed by atoms with Crippen molar-refractivity contribution >= 4 is 35.0 Å². The van der Waals surface area contributed by atoms with Crippen LogP contribution < -0.4 is 0 Å². The van der Waals surface area contributed by atoms with Crippen LogP contribution >= 0.6 is 35.0 Å². The predicted molar refractivity (Wildman–Crippen MR) is 98.9 cm³/mol. The first kappa shape index (κ1) is 17.3. The zero-order valence-corrected chi connectivity index (χ0v) is 15.4. The molecule has 0 radical (unpaired) electrons. The fourth-order valence-corrected chi connectivity index (χ4v) is 3.87. The first-order valence-corrected chi connectivity index (χ1v) is 9.30. The van der Waals surface area contributed by atoms with Crippen LogP contribution in [0, 0.1) is 0 Å². The van der Waals surface area contributed by atoms with Crippen molar-refractivity contribution in [2.45, 2.75) is 30.2 Å². The first-order chi connectivity index (χ1) is 11.6. The number of rotatable bonds is 6. The molecule has 0 aliphatic rings. The maximum atomic E-state index is 6.17. The van der Waals surface area contributed by atoms with E-state index in [4.69, 9.17) is 27.6 Å². The van der Waals surface area contributed by atoms with Crippen LogP contribution in [-0.4, -0.2) is 10.2 Å². The van der Waals surface area contributed by atoms with E-state index in [1.165, 1.54) is 17.3 Å². The van der Waals surface area contributed by atoms with Crippen molar-refractivity contribution in [2.75, 3.05) is 0 Å². The van der Waals surface area contributed by atoms with Gasteiger partial charge < -0.3 is 4.42 Å². The lowest BCUT2D eigenvalue weighted by molar-refractivity contribution is 0.404. The fraction of sp³-hybridized carbons (Fsp3) is 0.222. The summed E-state index contributed by atoms with van der Waals surface area (Å²) in [6, 6.07) is 15.8. The molecule has 0 aliphatic carbocycles. The van der Waals surface area contributed by atoms with Crippen LogP contribution in [0.25, 0.3) is 0 Å². The minimum Gasteiger partial charge on any atom is -0.416 e. The fourth-order valence-electron chi connectivity index (χ4n) is 2.34. The average Bonchev–Trinajstić information content (AvgIpc) is 3.02. The molecule has 0 bridgehead atoms. The topological polar surface area (TPSA) is 38.9 Å². The normalized spacial score (nSPS) is 12.3. The van der Waals surface area contributed by atoms with E-state index in [9.17, 15) is 0 Å². The van der Waals surface area contributed by atoms with Crippen molar-refractivity contribution in [1.82, 2.24) is 10.2 Å². The van der Waals surface area contributed by atoms with E-state index in [1.807, 2.05) is 36.4 Å². The number of nitrogens with zero attached hydrogens (tertiary/aromatic N) is 2. The second-order valence-electron chi connectivity index (χ2n) is 5.47. The van der Waals surface area contributed by atoms with Crippen LogP contribution in [0.2, 0.25) is 10.0 Å². The summed E-state index contributed by atoms with van der Waals surface area (Å²) in [5, 5.41) is 10.1. The molecule has 1 aromatic heterocycles. The van der Waals surface area contributed by atoms with Crippen molar-refractivity contribution in [2.24, 2.45) is 0 Å². The zero-order valence-electron chi connectivity index (χ0n) is 13.1. The van der Waals surface area contributed by atoms with Gasteiger partial charge in [-0.15, -0.1) is 10.2 Å². The molecule has 2 aromatic carbocycles. The van der Waals surface area contributed by atoms with Gasteiger partial charge in [-0.25, -0.2) is 0 Å². The second-order valence-corrected chi connectivity index (χ2v) is 7.21. The van der Waals surface area contributed by atoms with Crippen LogP contribution in [0.5, 0.6) is 0 Å². The Morgan fingerprint density at radius 1 is 1.00 bits per heavy atom. The van der Waals surface area contributed by atoms with Gasteiger partial charge in [-0.2, -0.15) is 0 Å². The van der Waals surface area contributed by atoms with Crippen molar-refractivity contribution in [1.29, 1.82) is 0 Å². The quantitative estimate of drug-likeness (QED) is 0.491. The van der Waals surface area contributed by atoms with Crippen LogP contribution in [0.1, 0.15) is 29.9 Å². The Morgan fingerprint density at radius 3 is 2.42 bits per heavy atom. The maximum absolute atomic E-state index is 6.17. The zero-order chi connectivity index (χ0) is 16.9. The molecular formula is C18H16Cl2N2OS. The molecule has 0 N–H and O–H groups in total. The van der Waals surface area contributed by atoms with Gasteiger partial charge in [-0.3, -0.25) is 0 Å². The van der Waals surface area contributed by atoms with E-state index in [0.717, 1.165) is 5.56 Å². The van der Waals surface area contributed by atoms with E-state index in [-0.39, 0.29) is 0 Å². The Balaban J connectivity index is 1.62. The van der Waals surface area contributed by atoms with Crippen LogP contribution in [0.3, 0.4) is 0 Å². The molecule has 6 heteroatoms. The van der Waals surface area contributed by atoms with Gasteiger partial charge in [-0.1, -0.05) is 78.3 Å². The third-order valence-corrected chi connectivity index (χ3v) is 5.25. The summed E-state index contributed by atoms with van der Waals surface area (Å²) in [5.41, 5.74) is 2.14. The van der Waals surface area contributed by atoms with Crippen LogP contribution in [-0.2, 0) is 12.2 Å². The molecule has 0 aliphatic heterocycles. The molecule has 1 heterocycles. The summed E-state index contributed by atoms with van der Waals surface area (Å²) in [6.45, 7) is 2.15. The molecule has 3 rings (SSSR count). The molecule has 1 atom stereocenters. The highest BCUT2D eigenvalue weighted by molar-refractivity contribution is 7.98. The van der Waals surface area contributed by atoms with E-state index >= 15 is 0 Å². The summed E-state index contributed by atoms with van der Waals surface area (Å²) in [4.78, 5) is 0. The molecule has 0 spiro atoms. The number of aromatic nitrogens is 2. The second kappa shape index (κ2) is 8.06. The lowest BCUT2D eigenvalue weighted by atomic mass is 9.98. The van der Waals surface area contributed by atoms with Gasteiger partial charge in [0.15, 0.2) is 0 Å². The summed E-state index contributed by atoms with van der Waals surface area (Å²) < 4.78 is 5.73. The molecule has 124 valence electrons. The van der Waals surface area contributed by atoms with Gasteiger partial charge in [0.05, 0.1) is 0 Å². The number of halogens is 2.